The number of hydrogen-bond acceptors (Lipinski definition) is 2. The van der Waals surface area contributed by atoms with E-state index >= 15 is 0 Å². The lowest BCUT2D eigenvalue weighted by atomic mass is 9.77. The molecule has 2 aromatic carbocycles. The first-order valence-electron chi connectivity index (χ1n) is 8.16. The van der Waals surface area contributed by atoms with E-state index in [4.69, 9.17) is 0 Å². The lowest BCUT2D eigenvalue weighted by Crippen LogP contribution is -2.28. The molecule has 0 spiro atoms. The van der Waals surface area contributed by atoms with Gasteiger partial charge < -0.3 is 10.0 Å². The van der Waals surface area contributed by atoms with Gasteiger partial charge in [-0.2, -0.15) is 0 Å². The van der Waals surface area contributed by atoms with Gasteiger partial charge in [0.1, 0.15) is 0 Å². The van der Waals surface area contributed by atoms with E-state index < -0.39 is 5.97 Å². The minimum atomic E-state index is -1.04. The van der Waals surface area contributed by atoms with E-state index in [1.165, 1.54) is 11.6 Å². The van der Waals surface area contributed by atoms with Gasteiger partial charge in [0.2, 0.25) is 0 Å². The molecule has 2 aromatic rings. The predicted octanol–water partition coefficient (Wildman–Crippen LogP) is 3.76. The lowest BCUT2D eigenvalue weighted by Gasteiger charge is -2.29. The van der Waals surface area contributed by atoms with Crippen molar-refractivity contribution in [2.24, 2.45) is 0 Å². The van der Waals surface area contributed by atoms with Crippen LogP contribution in [0.4, 0.5) is 0 Å². The molecule has 0 aliphatic carbocycles. The summed E-state index contributed by atoms with van der Waals surface area (Å²) in [6.07, 6.45) is 0.784. The second-order valence-corrected chi connectivity index (χ2v) is 7.27. The zero-order chi connectivity index (χ0) is 17.1. The van der Waals surface area contributed by atoms with Gasteiger partial charge in [0, 0.05) is 6.54 Å². The topological polar surface area (TPSA) is 57.6 Å². The normalized spacial score (nSPS) is 20.8. The molecule has 1 N–H and O–H groups in total. The van der Waals surface area contributed by atoms with Crippen LogP contribution < -0.4 is 0 Å². The van der Waals surface area contributed by atoms with Crippen LogP contribution in [0.15, 0.2) is 42.5 Å². The van der Waals surface area contributed by atoms with Gasteiger partial charge in [-0.3, -0.25) is 4.79 Å². The summed E-state index contributed by atoms with van der Waals surface area (Å²) in [5.74, 6) is -1.21. The van der Waals surface area contributed by atoms with Crippen molar-refractivity contribution >= 4 is 11.9 Å². The Bertz CT molecular complexity index is 869. The van der Waals surface area contributed by atoms with Crippen LogP contribution in [0, 0.1) is 0 Å². The lowest BCUT2D eigenvalue weighted by molar-refractivity contribution is 0.0662. The maximum atomic E-state index is 13.0. The minimum Gasteiger partial charge on any atom is -0.478 e. The summed E-state index contributed by atoms with van der Waals surface area (Å²) in [4.78, 5) is 26.4. The third-order valence-electron chi connectivity index (χ3n) is 5.33. The van der Waals surface area contributed by atoms with Crippen LogP contribution in [0.5, 0.6) is 0 Å². The smallest absolute Gasteiger partial charge is 0.336 e. The average Bonchev–Trinajstić information content (AvgIpc) is 2.73. The van der Waals surface area contributed by atoms with E-state index in [1.54, 1.807) is 6.07 Å². The van der Waals surface area contributed by atoms with E-state index in [9.17, 15) is 14.7 Å². The van der Waals surface area contributed by atoms with E-state index in [0.29, 0.717) is 12.1 Å². The Balaban J connectivity index is 1.89. The largest absolute Gasteiger partial charge is 0.478 e. The first kappa shape index (κ1) is 14.9. The molecule has 1 atom stereocenters. The Kier molecular flexibility index (Phi) is 3.07. The maximum absolute atomic E-state index is 13.0. The van der Waals surface area contributed by atoms with Gasteiger partial charge >= 0.3 is 5.97 Å². The minimum absolute atomic E-state index is 0.0748. The predicted molar refractivity (Wildman–Crippen MR) is 90.1 cm³/mol. The number of carboxylic acid groups (broad SMARTS) is 1. The molecular formula is C20H19NO3. The van der Waals surface area contributed by atoms with Crippen molar-refractivity contribution in [3.05, 3.63) is 70.3 Å². The van der Waals surface area contributed by atoms with Gasteiger partial charge in [-0.15, -0.1) is 0 Å². The number of amides is 1. The standard InChI is InChI=1S/C20H19NO3/c1-20(2)10-16-13-7-5-8-14(19(23)24)17(13)18(22)21(16)11-12-6-3-4-9-15(12)20/h3-9,16H,10-11H2,1-2H3,(H,23,24). The summed E-state index contributed by atoms with van der Waals surface area (Å²) < 4.78 is 0. The van der Waals surface area contributed by atoms with Crippen LogP contribution in [0.1, 0.15) is 63.7 Å². The van der Waals surface area contributed by atoms with Crippen LogP contribution in [0.25, 0.3) is 0 Å². The van der Waals surface area contributed by atoms with Crippen molar-refractivity contribution in [3.8, 4) is 0 Å². The summed E-state index contributed by atoms with van der Waals surface area (Å²) in [5, 5.41) is 9.45. The molecule has 4 heteroatoms. The number of carboxylic acids is 1. The molecule has 0 aromatic heterocycles. The highest BCUT2D eigenvalue weighted by atomic mass is 16.4. The van der Waals surface area contributed by atoms with Gasteiger partial charge in [-0.1, -0.05) is 50.2 Å². The Morgan fingerprint density at radius 1 is 1.17 bits per heavy atom. The summed E-state index contributed by atoms with van der Waals surface area (Å²) in [7, 11) is 0. The van der Waals surface area contributed by atoms with Gasteiger partial charge in [-0.25, -0.2) is 4.79 Å². The van der Waals surface area contributed by atoms with Gasteiger partial charge in [0.05, 0.1) is 17.2 Å². The summed E-state index contributed by atoms with van der Waals surface area (Å²) in [6, 6.07) is 13.3. The molecule has 24 heavy (non-hydrogen) atoms. The van der Waals surface area contributed by atoms with Crippen LogP contribution in [-0.4, -0.2) is 21.9 Å². The maximum Gasteiger partial charge on any atom is 0.336 e. The number of aromatic carboxylic acids is 1. The highest BCUT2D eigenvalue weighted by Gasteiger charge is 2.44. The van der Waals surface area contributed by atoms with Crippen LogP contribution in [0.2, 0.25) is 0 Å². The number of nitrogens with zero attached hydrogens (tertiary/aromatic N) is 1. The Hall–Kier alpha value is -2.62. The first-order chi connectivity index (χ1) is 11.4. The van der Waals surface area contributed by atoms with Crippen molar-refractivity contribution in [2.45, 2.75) is 38.3 Å². The third-order valence-corrected chi connectivity index (χ3v) is 5.33. The number of rotatable bonds is 1. The number of carbonyl (C=O) groups excluding carboxylic acids is 1. The molecule has 2 heterocycles. The van der Waals surface area contributed by atoms with Crippen LogP contribution in [0.3, 0.4) is 0 Å². The highest BCUT2D eigenvalue weighted by molar-refractivity contribution is 6.08. The van der Waals surface area contributed by atoms with E-state index in [1.807, 2.05) is 23.1 Å². The monoisotopic (exact) mass is 321 g/mol. The third kappa shape index (κ3) is 1.99. The molecular weight excluding hydrogens is 302 g/mol. The fraction of sp³-hybridized carbons (Fsp3) is 0.300. The molecule has 1 unspecified atom stereocenters. The average molecular weight is 321 g/mol. The van der Waals surface area contributed by atoms with E-state index in [0.717, 1.165) is 17.5 Å². The van der Waals surface area contributed by atoms with Crippen molar-refractivity contribution in [2.75, 3.05) is 0 Å². The Morgan fingerprint density at radius 2 is 1.92 bits per heavy atom. The van der Waals surface area contributed by atoms with Crippen molar-refractivity contribution in [1.82, 2.24) is 4.90 Å². The molecule has 0 radical (unpaired) electrons. The zero-order valence-corrected chi connectivity index (χ0v) is 13.7. The van der Waals surface area contributed by atoms with Crippen LogP contribution in [-0.2, 0) is 12.0 Å². The van der Waals surface area contributed by atoms with Crippen molar-refractivity contribution in [1.29, 1.82) is 0 Å². The summed E-state index contributed by atoms with van der Waals surface area (Å²) in [6.45, 7) is 4.91. The van der Waals surface area contributed by atoms with Crippen molar-refractivity contribution in [3.63, 3.8) is 0 Å². The quantitative estimate of drug-likeness (QED) is 0.870. The number of fused-ring (bicyclic) bond motifs is 4. The van der Waals surface area contributed by atoms with Gasteiger partial charge in [0.15, 0.2) is 0 Å². The Morgan fingerprint density at radius 3 is 2.67 bits per heavy atom. The number of benzene rings is 2. The fourth-order valence-electron chi connectivity index (χ4n) is 4.22. The molecule has 0 fully saturated rings. The van der Waals surface area contributed by atoms with E-state index in [2.05, 4.69) is 26.0 Å². The van der Waals surface area contributed by atoms with Crippen molar-refractivity contribution < 1.29 is 14.7 Å². The SMILES string of the molecule is CC1(C)CC2c3cccc(C(=O)O)c3C(=O)N2Cc2ccccc21. The summed E-state index contributed by atoms with van der Waals surface area (Å²) in [5.41, 5.74) is 3.64. The van der Waals surface area contributed by atoms with E-state index in [-0.39, 0.29) is 22.9 Å². The first-order valence-corrected chi connectivity index (χ1v) is 8.16. The number of carbonyl (C=O) groups is 2. The second-order valence-electron chi connectivity index (χ2n) is 7.27. The molecule has 4 nitrogen and oxygen atoms in total. The molecule has 0 saturated carbocycles. The molecule has 1 amide bonds. The van der Waals surface area contributed by atoms with Gasteiger partial charge in [0.25, 0.3) is 5.91 Å². The zero-order valence-electron chi connectivity index (χ0n) is 13.7. The second kappa shape index (κ2) is 4.94. The molecule has 2 aliphatic rings. The Labute approximate surface area is 140 Å². The molecule has 2 aliphatic heterocycles. The van der Waals surface area contributed by atoms with Gasteiger partial charge in [-0.05, 0) is 34.6 Å². The molecule has 0 saturated heterocycles. The fourth-order valence-corrected chi connectivity index (χ4v) is 4.22. The molecule has 0 bridgehead atoms. The highest BCUT2D eigenvalue weighted by Crippen LogP contribution is 2.47. The number of hydrogen-bond donors (Lipinski definition) is 1. The van der Waals surface area contributed by atoms with Crippen LogP contribution >= 0.6 is 0 Å². The summed E-state index contributed by atoms with van der Waals surface area (Å²) >= 11 is 0. The molecule has 122 valence electrons. The molecule has 4 rings (SSSR count).